The number of hydrogen-bond donors (Lipinski definition) is 1. The molecule has 1 amide bonds. The number of thiocarbonyl (C=S) groups is 1. The minimum absolute atomic E-state index is 0.150. The Bertz CT molecular complexity index is 642. The fourth-order valence-corrected chi connectivity index (χ4v) is 4.43. The molecular weight excluding hydrogens is 354 g/mol. The van der Waals surface area contributed by atoms with Crippen LogP contribution in [0, 0.1) is 5.92 Å². The van der Waals surface area contributed by atoms with Gasteiger partial charge in [-0.2, -0.15) is 11.8 Å². The highest BCUT2D eigenvalue weighted by Gasteiger charge is 2.33. The highest BCUT2D eigenvalue weighted by molar-refractivity contribution is 7.99. The molecular formula is C18H23N3O2S2. The average molecular weight is 378 g/mol. The largest absolute Gasteiger partial charge is 0.442 e. The summed E-state index contributed by atoms with van der Waals surface area (Å²) >= 11 is 7.34. The predicted molar refractivity (Wildman–Crippen MR) is 107 cm³/mol. The molecule has 134 valence electrons. The molecule has 0 spiro atoms. The lowest BCUT2D eigenvalue weighted by Gasteiger charge is -2.28. The van der Waals surface area contributed by atoms with Crippen LogP contribution in [0.2, 0.25) is 0 Å². The molecule has 1 N–H and O–H groups in total. The Hall–Kier alpha value is -1.47. The van der Waals surface area contributed by atoms with Gasteiger partial charge in [0.1, 0.15) is 6.10 Å². The maximum atomic E-state index is 12.2. The molecule has 25 heavy (non-hydrogen) atoms. The van der Waals surface area contributed by atoms with Crippen molar-refractivity contribution in [1.82, 2.24) is 5.32 Å². The molecule has 1 aromatic rings. The Labute approximate surface area is 158 Å². The van der Waals surface area contributed by atoms with Crippen LogP contribution in [0.25, 0.3) is 0 Å². The number of rotatable bonds is 5. The number of thioether (sulfide) groups is 1. The molecule has 7 heteroatoms. The van der Waals surface area contributed by atoms with Gasteiger partial charge in [0.15, 0.2) is 0 Å². The zero-order chi connectivity index (χ0) is 17.2. The number of amides is 1. The van der Waals surface area contributed by atoms with Gasteiger partial charge in [-0.3, -0.25) is 4.90 Å². The van der Waals surface area contributed by atoms with Crippen LogP contribution in [0.3, 0.4) is 0 Å². The van der Waals surface area contributed by atoms with E-state index in [4.69, 9.17) is 17.0 Å². The number of hydrogen-bond acceptors (Lipinski definition) is 5. The van der Waals surface area contributed by atoms with E-state index < -0.39 is 0 Å². The quantitative estimate of drug-likeness (QED) is 0.796. The maximum Gasteiger partial charge on any atom is 0.414 e. The standard InChI is InChI=1S/C18H23N3O2S2/c22-18-21(12-16(23-18)11-19-17(24)13-1-2-13)15-5-3-14(4-6-15)20-7-9-25-10-8-20/h3-6,13,16H,1-2,7-12H2,(H,19,24). The van der Waals surface area contributed by atoms with Gasteiger partial charge in [-0.1, -0.05) is 12.2 Å². The lowest BCUT2D eigenvalue weighted by atomic mass is 10.2. The molecule has 0 aromatic heterocycles. The number of anilines is 2. The van der Waals surface area contributed by atoms with Crippen LogP contribution in [0.4, 0.5) is 16.2 Å². The minimum atomic E-state index is -0.272. The Balaban J connectivity index is 1.34. The SMILES string of the molecule is O=C1OC(CNC(=S)C2CC2)CN1c1ccc(N2CCSCC2)cc1. The second kappa shape index (κ2) is 7.41. The van der Waals surface area contributed by atoms with Crippen LogP contribution >= 0.6 is 24.0 Å². The van der Waals surface area contributed by atoms with Crippen LogP contribution in [-0.2, 0) is 4.74 Å². The van der Waals surface area contributed by atoms with Crippen molar-refractivity contribution in [2.45, 2.75) is 18.9 Å². The summed E-state index contributed by atoms with van der Waals surface area (Å²) < 4.78 is 5.48. The number of nitrogens with zero attached hydrogens (tertiary/aromatic N) is 2. The van der Waals surface area contributed by atoms with Gasteiger partial charge in [0, 0.05) is 41.9 Å². The number of benzene rings is 1. The van der Waals surface area contributed by atoms with E-state index in [0.717, 1.165) is 23.8 Å². The lowest BCUT2D eigenvalue weighted by molar-refractivity contribution is 0.143. The molecule has 2 aliphatic heterocycles. The van der Waals surface area contributed by atoms with E-state index in [1.54, 1.807) is 4.90 Å². The molecule has 0 bridgehead atoms. The van der Waals surface area contributed by atoms with Crippen molar-refractivity contribution >= 4 is 46.4 Å². The number of cyclic esters (lactones) is 1. The predicted octanol–water partition coefficient (Wildman–Crippen LogP) is 2.89. The monoisotopic (exact) mass is 377 g/mol. The summed E-state index contributed by atoms with van der Waals surface area (Å²) in [4.78, 5) is 17.2. The zero-order valence-corrected chi connectivity index (χ0v) is 15.8. The second-order valence-electron chi connectivity index (χ2n) is 6.75. The fourth-order valence-electron chi connectivity index (χ4n) is 3.21. The molecule has 2 heterocycles. The number of carbonyl (C=O) groups is 1. The van der Waals surface area contributed by atoms with Crippen molar-refractivity contribution in [2.24, 2.45) is 5.92 Å². The first kappa shape index (κ1) is 17.0. The molecule has 4 rings (SSSR count). The summed E-state index contributed by atoms with van der Waals surface area (Å²) in [5.41, 5.74) is 2.12. The van der Waals surface area contributed by atoms with E-state index in [1.807, 2.05) is 23.9 Å². The van der Waals surface area contributed by atoms with Crippen molar-refractivity contribution < 1.29 is 9.53 Å². The summed E-state index contributed by atoms with van der Waals surface area (Å²) in [7, 11) is 0. The number of nitrogens with one attached hydrogen (secondary N) is 1. The van der Waals surface area contributed by atoms with E-state index in [-0.39, 0.29) is 12.2 Å². The van der Waals surface area contributed by atoms with Gasteiger partial charge in [0.25, 0.3) is 0 Å². The maximum absolute atomic E-state index is 12.2. The van der Waals surface area contributed by atoms with E-state index >= 15 is 0 Å². The van der Waals surface area contributed by atoms with E-state index in [1.165, 1.54) is 30.0 Å². The second-order valence-corrected chi connectivity index (χ2v) is 8.42. The van der Waals surface area contributed by atoms with Crippen LogP contribution in [0.1, 0.15) is 12.8 Å². The van der Waals surface area contributed by atoms with Gasteiger partial charge in [0.05, 0.1) is 18.1 Å². The van der Waals surface area contributed by atoms with Crippen molar-refractivity contribution in [2.75, 3.05) is 47.5 Å². The van der Waals surface area contributed by atoms with E-state index in [9.17, 15) is 4.79 Å². The van der Waals surface area contributed by atoms with E-state index in [0.29, 0.717) is 19.0 Å². The molecule has 5 nitrogen and oxygen atoms in total. The molecule has 1 unspecified atom stereocenters. The summed E-state index contributed by atoms with van der Waals surface area (Å²) in [5.74, 6) is 2.90. The third-order valence-corrected chi connectivity index (χ3v) is 6.28. The molecule has 1 atom stereocenters. The normalized spacial score (nSPS) is 23.5. The first-order valence-electron chi connectivity index (χ1n) is 8.89. The molecule has 3 aliphatic rings. The summed E-state index contributed by atoms with van der Waals surface area (Å²) in [6, 6.07) is 8.24. The smallest absolute Gasteiger partial charge is 0.414 e. The number of ether oxygens (including phenoxy) is 1. The highest BCUT2D eigenvalue weighted by atomic mass is 32.2. The summed E-state index contributed by atoms with van der Waals surface area (Å²) in [6.07, 6.45) is 1.95. The van der Waals surface area contributed by atoms with Crippen LogP contribution in [0.5, 0.6) is 0 Å². The summed E-state index contributed by atoms with van der Waals surface area (Å²) in [5, 5.41) is 3.25. The van der Waals surface area contributed by atoms with Crippen LogP contribution in [0.15, 0.2) is 24.3 Å². The topological polar surface area (TPSA) is 44.8 Å². The van der Waals surface area contributed by atoms with Gasteiger partial charge in [-0.15, -0.1) is 0 Å². The van der Waals surface area contributed by atoms with Gasteiger partial charge in [-0.25, -0.2) is 4.79 Å². The van der Waals surface area contributed by atoms with Gasteiger partial charge >= 0.3 is 6.09 Å². The van der Waals surface area contributed by atoms with Crippen molar-refractivity contribution in [3.63, 3.8) is 0 Å². The van der Waals surface area contributed by atoms with E-state index in [2.05, 4.69) is 22.3 Å². The molecule has 3 fully saturated rings. The third-order valence-electron chi connectivity index (χ3n) is 4.86. The highest BCUT2D eigenvalue weighted by Crippen LogP contribution is 2.30. The van der Waals surface area contributed by atoms with Crippen molar-refractivity contribution in [3.05, 3.63) is 24.3 Å². The Morgan fingerprint density at radius 1 is 1.20 bits per heavy atom. The Kier molecular flexibility index (Phi) is 5.03. The van der Waals surface area contributed by atoms with Crippen molar-refractivity contribution in [3.8, 4) is 0 Å². The Morgan fingerprint density at radius 3 is 2.56 bits per heavy atom. The first-order chi connectivity index (χ1) is 12.2. The molecule has 0 radical (unpaired) electrons. The fraction of sp³-hybridized carbons (Fsp3) is 0.556. The third kappa shape index (κ3) is 4.03. The Morgan fingerprint density at radius 2 is 1.88 bits per heavy atom. The van der Waals surface area contributed by atoms with Crippen LogP contribution < -0.4 is 15.1 Å². The molecule has 1 aromatic carbocycles. The van der Waals surface area contributed by atoms with Crippen molar-refractivity contribution in [1.29, 1.82) is 0 Å². The zero-order valence-electron chi connectivity index (χ0n) is 14.1. The minimum Gasteiger partial charge on any atom is -0.442 e. The molecule has 2 saturated heterocycles. The first-order valence-corrected chi connectivity index (χ1v) is 10.5. The average Bonchev–Trinajstić information content (AvgIpc) is 3.44. The van der Waals surface area contributed by atoms with Gasteiger partial charge in [-0.05, 0) is 37.1 Å². The van der Waals surface area contributed by atoms with Gasteiger partial charge in [0.2, 0.25) is 0 Å². The van der Waals surface area contributed by atoms with Crippen LogP contribution in [-0.4, -0.2) is 54.9 Å². The number of carbonyl (C=O) groups excluding carboxylic acids is 1. The van der Waals surface area contributed by atoms with Gasteiger partial charge < -0.3 is 15.0 Å². The lowest BCUT2D eigenvalue weighted by Crippen LogP contribution is -2.34. The molecule has 1 aliphatic carbocycles. The molecule has 1 saturated carbocycles. The summed E-state index contributed by atoms with van der Waals surface area (Å²) in [6.45, 7) is 3.34.